The molecule has 0 aliphatic carbocycles. The first-order valence-electron chi connectivity index (χ1n) is 5.56. The molecule has 0 saturated carbocycles. The molecule has 2 rings (SSSR count). The molecule has 0 aliphatic heterocycles. The zero-order chi connectivity index (χ0) is 12.3. The van der Waals surface area contributed by atoms with E-state index in [4.69, 9.17) is 4.74 Å². The van der Waals surface area contributed by atoms with Crippen LogP contribution < -0.4 is 4.74 Å². The number of ether oxygens (including phenoxy) is 1. The molecule has 0 radical (unpaired) electrons. The number of methoxy groups -OCH3 is 1. The highest BCUT2D eigenvalue weighted by Crippen LogP contribution is 2.33. The third-order valence-electron chi connectivity index (χ3n) is 2.87. The van der Waals surface area contributed by atoms with Crippen molar-refractivity contribution < 1.29 is 4.74 Å². The normalized spacial score (nSPS) is 12.2. The van der Waals surface area contributed by atoms with Gasteiger partial charge in [-0.1, -0.05) is 52.3 Å². The third-order valence-corrected chi connectivity index (χ3v) is 3.89. The minimum absolute atomic E-state index is 0.231. The molecule has 0 heterocycles. The predicted octanol–water partition coefficient (Wildman–Crippen LogP) is 4.49. The number of benzene rings is 2. The molecule has 0 spiro atoms. The van der Waals surface area contributed by atoms with Crippen molar-refractivity contribution in [3.63, 3.8) is 0 Å². The van der Waals surface area contributed by atoms with Crippen LogP contribution in [0.3, 0.4) is 0 Å². The van der Waals surface area contributed by atoms with E-state index >= 15 is 0 Å². The van der Waals surface area contributed by atoms with E-state index in [1.54, 1.807) is 7.11 Å². The Balaban J connectivity index is 2.30. The first-order chi connectivity index (χ1) is 8.22. The van der Waals surface area contributed by atoms with Crippen LogP contribution in [-0.2, 0) is 0 Å². The molecular formula is C15H15BrO. The second-order valence-corrected chi connectivity index (χ2v) is 4.91. The number of rotatable bonds is 3. The summed E-state index contributed by atoms with van der Waals surface area (Å²) in [5.74, 6) is 0.887. The van der Waals surface area contributed by atoms with Gasteiger partial charge in [0.2, 0.25) is 0 Å². The van der Waals surface area contributed by atoms with Crippen LogP contribution in [0.25, 0.3) is 0 Å². The average Bonchev–Trinajstić information content (AvgIpc) is 2.39. The van der Waals surface area contributed by atoms with Crippen LogP contribution in [-0.4, -0.2) is 7.11 Å². The summed E-state index contributed by atoms with van der Waals surface area (Å²) in [4.78, 5) is 0.231. The third kappa shape index (κ3) is 2.70. The fourth-order valence-corrected chi connectivity index (χ4v) is 2.64. The summed E-state index contributed by atoms with van der Waals surface area (Å²) in [5, 5.41) is 0. The molecule has 0 aromatic heterocycles. The van der Waals surface area contributed by atoms with Gasteiger partial charge in [-0.2, -0.15) is 0 Å². The zero-order valence-corrected chi connectivity index (χ0v) is 11.6. The molecule has 1 nitrogen and oxygen atoms in total. The molecule has 1 atom stereocenters. The van der Waals surface area contributed by atoms with E-state index in [0.29, 0.717) is 0 Å². The van der Waals surface area contributed by atoms with Gasteiger partial charge in [-0.05, 0) is 35.7 Å². The Kier molecular flexibility index (Phi) is 3.85. The zero-order valence-electron chi connectivity index (χ0n) is 9.98. The van der Waals surface area contributed by atoms with E-state index in [9.17, 15) is 0 Å². The molecule has 0 aliphatic rings. The standard InChI is InChI=1S/C15H15BrO/c1-11-5-3-4-6-14(11)15(16)12-7-9-13(17-2)10-8-12/h3-10,15H,1-2H3. The Bertz CT molecular complexity index is 491. The molecule has 2 heteroatoms. The van der Waals surface area contributed by atoms with Crippen molar-refractivity contribution in [1.82, 2.24) is 0 Å². The Labute approximate surface area is 111 Å². The van der Waals surface area contributed by atoms with Crippen molar-refractivity contribution in [1.29, 1.82) is 0 Å². The van der Waals surface area contributed by atoms with Crippen molar-refractivity contribution in [2.24, 2.45) is 0 Å². The van der Waals surface area contributed by atoms with Crippen LogP contribution in [0.2, 0.25) is 0 Å². The SMILES string of the molecule is COc1ccc(C(Br)c2ccccc2C)cc1. The molecule has 0 bridgehead atoms. The van der Waals surface area contributed by atoms with Crippen molar-refractivity contribution in [3.8, 4) is 5.75 Å². The Morgan fingerprint density at radius 3 is 2.24 bits per heavy atom. The van der Waals surface area contributed by atoms with Gasteiger partial charge in [-0.25, -0.2) is 0 Å². The highest BCUT2D eigenvalue weighted by atomic mass is 79.9. The first kappa shape index (κ1) is 12.2. The largest absolute Gasteiger partial charge is 0.497 e. The Hall–Kier alpha value is -1.28. The maximum atomic E-state index is 5.16. The summed E-state index contributed by atoms with van der Waals surface area (Å²) in [6.07, 6.45) is 0. The number of hydrogen-bond acceptors (Lipinski definition) is 1. The molecule has 0 fully saturated rings. The summed E-state index contributed by atoms with van der Waals surface area (Å²) in [6, 6.07) is 16.6. The highest BCUT2D eigenvalue weighted by molar-refractivity contribution is 9.09. The van der Waals surface area contributed by atoms with Gasteiger partial charge in [0.05, 0.1) is 11.9 Å². The fraction of sp³-hybridized carbons (Fsp3) is 0.200. The topological polar surface area (TPSA) is 9.23 Å². The van der Waals surface area contributed by atoms with Gasteiger partial charge in [-0.3, -0.25) is 0 Å². The number of halogens is 1. The minimum Gasteiger partial charge on any atom is -0.497 e. The maximum Gasteiger partial charge on any atom is 0.118 e. The van der Waals surface area contributed by atoms with Crippen LogP contribution in [0.4, 0.5) is 0 Å². The summed E-state index contributed by atoms with van der Waals surface area (Å²) in [5.41, 5.74) is 3.84. The van der Waals surface area contributed by atoms with E-state index in [1.165, 1.54) is 16.7 Å². The van der Waals surface area contributed by atoms with E-state index in [2.05, 4.69) is 59.3 Å². The van der Waals surface area contributed by atoms with Gasteiger partial charge >= 0.3 is 0 Å². The second-order valence-electron chi connectivity index (χ2n) is 3.99. The monoisotopic (exact) mass is 290 g/mol. The quantitative estimate of drug-likeness (QED) is 0.757. The second kappa shape index (κ2) is 5.37. The number of aryl methyl sites for hydroxylation is 1. The van der Waals surface area contributed by atoms with Gasteiger partial charge in [0.25, 0.3) is 0 Å². The smallest absolute Gasteiger partial charge is 0.118 e. The average molecular weight is 291 g/mol. The summed E-state index contributed by atoms with van der Waals surface area (Å²) in [7, 11) is 1.68. The lowest BCUT2D eigenvalue weighted by molar-refractivity contribution is 0.414. The first-order valence-corrected chi connectivity index (χ1v) is 6.47. The van der Waals surface area contributed by atoms with E-state index in [1.807, 2.05) is 12.1 Å². The maximum absolute atomic E-state index is 5.16. The van der Waals surface area contributed by atoms with Crippen molar-refractivity contribution in [2.75, 3.05) is 7.11 Å². The van der Waals surface area contributed by atoms with Gasteiger partial charge in [0.1, 0.15) is 5.75 Å². The molecule has 2 aromatic carbocycles. The number of alkyl halides is 1. The summed E-state index contributed by atoms with van der Waals surface area (Å²) in [6.45, 7) is 2.13. The Morgan fingerprint density at radius 2 is 1.65 bits per heavy atom. The number of hydrogen-bond donors (Lipinski definition) is 0. The molecule has 0 N–H and O–H groups in total. The van der Waals surface area contributed by atoms with Gasteiger partial charge in [0.15, 0.2) is 0 Å². The molecule has 2 aromatic rings. The Morgan fingerprint density at radius 1 is 1.00 bits per heavy atom. The van der Waals surface area contributed by atoms with Crippen LogP contribution in [0.5, 0.6) is 5.75 Å². The van der Waals surface area contributed by atoms with Crippen LogP contribution in [0.15, 0.2) is 48.5 Å². The van der Waals surface area contributed by atoms with Crippen molar-refractivity contribution >= 4 is 15.9 Å². The minimum atomic E-state index is 0.231. The lowest BCUT2D eigenvalue weighted by Gasteiger charge is -2.13. The van der Waals surface area contributed by atoms with Gasteiger partial charge in [-0.15, -0.1) is 0 Å². The van der Waals surface area contributed by atoms with Crippen LogP contribution in [0, 0.1) is 6.92 Å². The fourth-order valence-electron chi connectivity index (χ4n) is 1.82. The van der Waals surface area contributed by atoms with E-state index < -0.39 is 0 Å². The van der Waals surface area contributed by atoms with Crippen LogP contribution in [0.1, 0.15) is 21.5 Å². The predicted molar refractivity (Wildman–Crippen MR) is 74.9 cm³/mol. The lowest BCUT2D eigenvalue weighted by atomic mass is 10.0. The molecule has 1 unspecified atom stereocenters. The summed E-state index contributed by atoms with van der Waals surface area (Å²) < 4.78 is 5.16. The molecular weight excluding hydrogens is 276 g/mol. The molecule has 0 saturated heterocycles. The van der Waals surface area contributed by atoms with Gasteiger partial charge in [0, 0.05) is 0 Å². The van der Waals surface area contributed by atoms with Crippen molar-refractivity contribution in [2.45, 2.75) is 11.8 Å². The van der Waals surface area contributed by atoms with Crippen LogP contribution >= 0.6 is 15.9 Å². The van der Waals surface area contributed by atoms with Crippen molar-refractivity contribution in [3.05, 3.63) is 65.2 Å². The molecule has 88 valence electrons. The van der Waals surface area contributed by atoms with Gasteiger partial charge < -0.3 is 4.74 Å². The lowest BCUT2D eigenvalue weighted by Crippen LogP contribution is -1.95. The highest BCUT2D eigenvalue weighted by Gasteiger charge is 2.11. The molecule has 17 heavy (non-hydrogen) atoms. The molecule has 0 amide bonds. The van der Waals surface area contributed by atoms with E-state index in [-0.39, 0.29) is 4.83 Å². The van der Waals surface area contributed by atoms with E-state index in [0.717, 1.165) is 5.75 Å². The summed E-state index contributed by atoms with van der Waals surface area (Å²) >= 11 is 3.75.